The first kappa shape index (κ1) is 11.3. The summed E-state index contributed by atoms with van der Waals surface area (Å²) in [4.78, 5) is 20.8. The molecule has 1 aromatic rings. The molecule has 1 amide bonds. The van der Waals surface area contributed by atoms with E-state index in [0.29, 0.717) is 18.8 Å². The van der Waals surface area contributed by atoms with Crippen molar-refractivity contribution in [2.75, 3.05) is 18.0 Å². The van der Waals surface area contributed by atoms with E-state index < -0.39 is 11.5 Å². The van der Waals surface area contributed by atoms with Crippen molar-refractivity contribution >= 4 is 27.7 Å². The van der Waals surface area contributed by atoms with Gasteiger partial charge in [0.1, 0.15) is 12.1 Å². The Morgan fingerprint density at radius 2 is 2.44 bits per heavy atom. The second kappa shape index (κ2) is 3.99. The van der Waals surface area contributed by atoms with Gasteiger partial charge in [-0.15, -0.1) is 0 Å². The lowest BCUT2D eigenvalue weighted by Gasteiger charge is -2.21. The Hall–Kier alpha value is -1.21. The van der Waals surface area contributed by atoms with Crippen molar-refractivity contribution in [3.63, 3.8) is 0 Å². The van der Waals surface area contributed by atoms with Gasteiger partial charge in [-0.05, 0) is 15.9 Å². The van der Waals surface area contributed by atoms with Gasteiger partial charge < -0.3 is 15.7 Å². The molecule has 0 bridgehead atoms. The van der Waals surface area contributed by atoms with Crippen LogP contribution in [-0.4, -0.2) is 39.7 Å². The zero-order valence-electron chi connectivity index (χ0n) is 8.43. The van der Waals surface area contributed by atoms with Gasteiger partial charge in [-0.1, -0.05) is 0 Å². The lowest BCUT2D eigenvalue weighted by molar-refractivity contribution is -0.134. The van der Waals surface area contributed by atoms with E-state index in [1.165, 1.54) is 6.33 Å². The van der Waals surface area contributed by atoms with E-state index in [1.54, 1.807) is 11.1 Å². The molecule has 1 fully saturated rings. The molecule has 2 heterocycles. The Balaban J connectivity index is 2.22. The smallest absolute Gasteiger partial charge is 0.251 e. The summed E-state index contributed by atoms with van der Waals surface area (Å²) in [6.45, 7) is 0.701. The molecule has 7 heteroatoms. The first-order valence-corrected chi connectivity index (χ1v) is 5.55. The molecule has 0 aromatic carbocycles. The van der Waals surface area contributed by atoms with Crippen molar-refractivity contribution in [3.8, 4) is 0 Å². The zero-order valence-corrected chi connectivity index (χ0v) is 10.0. The highest BCUT2D eigenvalue weighted by Gasteiger charge is 2.42. The summed E-state index contributed by atoms with van der Waals surface area (Å²) in [5.74, 6) is -0.0349. The molecule has 0 aliphatic carbocycles. The Kier molecular flexibility index (Phi) is 2.81. The average molecular weight is 287 g/mol. The van der Waals surface area contributed by atoms with E-state index in [4.69, 9.17) is 5.73 Å². The number of anilines is 1. The van der Waals surface area contributed by atoms with Crippen molar-refractivity contribution in [2.24, 2.45) is 5.73 Å². The molecule has 0 spiro atoms. The van der Waals surface area contributed by atoms with Gasteiger partial charge >= 0.3 is 0 Å². The molecule has 1 aromatic heterocycles. The molecule has 86 valence electrons. The number of nitrogens with two attached hydrogens (primary N) is 1. The molecule has 1 saturated heterocycles. The normalized spacial score (nSPS) is 24.8. The quantitative estimate of drug-likeness (QED) is 0.776. The Labute approximate surface area is 101 Å². The molecule has 6 nitrogen and oxygen atoms in total. The minimum absolute atomic E-state index is 0.165. The monoisotopic (exact) mass is 286 g/mol. The van der Waals surface area contributed by atoms with Gasteiger partial charge in [-0.25, -0.2) is 9.97 Å². The molecular weight excluding hydrogens is 276 g/mol. The highest BCUT2D eigenvalue weighted by atomic mass is 79.9. The van der Waals surface area contributed by atoms with Crippen molar-refractivity contribution in [3.05, 3.63) is 17.0 Å². The minimum Gasteiger partial charge on any atom is -0.378 e. The number of β-amino-alcohol motifs (C(OH)–C–C–N with tert-alkyl or cyclic N) is 1. The van der Waals surface area contributed by atoms with Crippen LogP contribution in [0, 0.1) is 0 Å². The maximum absolute atomic E-state index is 11.1. The Bertz CT molecular complexity index is 428. The molecule has 1 unspecified atom stereocenters. The summed E-state index contributed by atoms with van der Waals surface area (Å²) in [5.41, 5.74) is 3.70. The number of aliphatic hydroxyl groups is 1. The second-order valence-corrected chi connectivity index (χ2v) is 4.62. The molecule has 0 saturated carbocycles. The lowest BCUT2D eigenvalue weighted by atomic mass is 10.0. The molecule has 16 heavy (non-hydrogen) atoms. The SMILES string of the molecule is NC(=O)C1(O)CCN(c2ncncc2Br)C1. The van der Waals surface area contributed by atoms with Crippen LogP contribution in [0.3, 0.4) is 0 Å². The van der Waals surface area contributed by atoms with Gasteiger partial charge in [-0.3, -0.25) is 4.79 Å². The van der Waals surface area contributed by atoms with Gasteiger partial charge in [0.2, 0.25) is 0 Å². The van der Waals surface area contributed by atoms with Crippen molar-refractivity contribution in [1.82, 2.24) is 9.97 Å². The van der Waals surface area contributed by atoms with E-state index in [0.717, 1.165) is 4.47 Å². The number of rotatable bonds is 2. The van der Waals surface area contributed by atoms with Crippen molar-refractivity contribution < 1.29 is 9.90 Å². The molecule has 3 N–H and O–H groups in total. The van der Waals surface area contributed by atoms with Crippen LogP contribution >= 0.6 is 15.9 Å². The van der Waals surface area contributed by atoms with Crippen LogP contribution < -0.4 is 10.6 Å². The van der Waals surface area contributed by atoms with E-state index in [9.17, 15) is 9.90 Å². The van der Waals surface area contributed by atoms with E-state index >= 15 is 0 Å². The van der Waals surface area contributed by atoms with Crippen LogP contribution in [0.25, 0.3) is 0 Å². The highest BCUT2D eigenvalue weighted by Crippen LogP contribution is 2.29. The fraction of sp³-hybridized carbons (Fsp3) is 0.444. The van der Waals surface area contributed by atoms with Crippen LogP contribution in [0.1, 0.15) is 6.42 Å². The Morgan fingerprint density at radius 1 is 1.69 bits per heavy atom. The summed E-state index contributed by atoms with van der Waals surface area (Å²) in [7, 11) is 0. The number of aromatic nitrogens is 2. The molecule has 1 aliphatic rings. The number of hydrogen-bond acceptors (Lipinski definition) is 5. The summed E-state index contributed by atoms with van der Waals surface area (Å²) >= 11 is 3.32. The number of carbonyl (C=O) groups is 1. The third kappa shape index (κ3) is 1.88. The molecule has 1 aliphatic heterocycles. The molecular formula is C9H11BrN4O2. The van der Waals surface area contributed by atoms with Crippen LogP contribution in [0.5, 0.6) is 0 Å². The summed E-state index contributed by atoms with van der Waals surface area (Å²) < 4.78 is 0.726. The molecule has 1 atom stereocenters. The maximum Gasteiger partial charge on any atom is 0.251 e. The predicted octanol–water partition coefficient (Wildman–Crippen LogP) is -0.334. The first-order chi connectivity index (χ1) is 7.53. The van der Waals surface area contributed by atoms with Gasteiger partial charge in [0, 0.05) is 19.2 Å². The zero-order chi connectivity index (χ0) is 11.8. The maximum atomic E-state index is 11.1. The van der Waals surface area contributed by atoms with Crippen molar-refractivity contribution in [2.45, 2.75) is 12.0 Å². The number of nitrogens with zero attached hydrogens (tertiary/aromatic N) is 3. The summed E-state index contributed by atoms with van der Waals surface area (Å²) in [5, 5.41) is 9.92. The van der Waals surface area contributed by atoms with E-state index in [2.05, 4.69) is 25.9 Å². The number of carbonyl (C=O) groups excluding carboxylic acids is 1. The van der Waals surface area contributed by atoms with E-state index in [-0.39, 0.29) is 6.54 Å². The third-order valence-electron chi connectivity index (χ3n) is 2.65. The number of halogens is 1. The van der Waals surface area contributed by atoms with Crippen LogP contribution in [0.2, 0.25) is 0 Å². The largest absolute Gasteiger partial charge is 0.378 e. The van der Waals surface area contributed by atoms with Crippen LogP contribution in [-0.2, 0) is 4.79 Å². The van der Waals surface area contributed by atoms with Gasteiger partial charge in [0.25, 0.3) is 5.91 Å². The lowest BCUT2D eigenvalue weighted by Crippen LogP contribution is -2.46. The summed E-state index contributed by atoms with van der Waals surface area (Å²) in [6, 6.07) is 0. The standard InChI is InChI=1S/C9H11BrN4O2/c10-6-3-12-5-13-7(6)14-2-1-9(16,4-14)8(11)15/h3,5,16H,1-2,4H2,(H2,11,15). The number of primary amides is 1. The molecule has 2 rings (SSSR count). The second-order valence-electron chi connectivity index (χ2n) is 3.76. The van der Waals surface area contributed by atoms with Gasteiger partial charge in [-0.2, -0.15) is 0 Å². The molecule has 0 radical (unpaired) electrons. The fourth-order valence-electron chi connectivity index (χ4n) is 1.71. The van der Waals surface area contributed by atoms with Gasteiger partial charge in [0.05, 0.1) is 11.0 Å². The van der Waals surface area contributed by atoms with E-state index in [1.807, 2.05) is 0 Å². The average Bonchev–Trinajstić information content (AvgIpc) is 2.63. The minimum atomic E-state index is -1.45. The van der Waals surface area contributed by atoms with Gasteiger partial charge in [0.15, 0.2) is 5.60 Å². The number of amides is 1. The van der Waals surface area contributed by atoms with Crippen LogP contribution in [0.15, 0.2) is 17.0 Å². The first-order valence-electron chi connectivity index (χ1n) is 4.76. The highest BCUT2D eigenvalue weighted by molar-refractivity contribution is 9.10. The Morgan fingerprint density at radius 3 is 3.00 bits per heavy atom. The predicted molar refractivity (Wildman–Crippen MR) is 60.7 cm³/mol. The third-order valence-corrected chi connectivity index (χ3v) is 3.21. The number of hydrogen-bond donors (Lipinski definition) is 2. The fourth-order valence-corrected chi connectivity index (χ4v) is 2.19. The van der Waals surface area contributed by atoms with Crippen LogP contribution in [0.4, 0.5) is 5.82 Å². The topological polar surface area (TPSA) is 92.3 Å². The van der Waals surface area contributed by atoms with Crippen molar-refractivity contribution in [1.29, 1.82) is 0 Å². The summed E-state index contributed by atoms with van der Waals surface area (Å²) in [6.07, 6.45) is 3.35.